The van der Waals surface area contributed by atoms with Gasteiger partial charge in [0.05, 0.1) is 24.7 Å². The minimum atomic E-state index is -4.29. The van der Waals surface area contributed by atoms with E-state index in [1.165, 1.54) is 6.92 Å². The van der Waals surface area contributed by atoms with Crippen molar-refractivity contribution in [2.45, 2.75) is 18.7 Å². The molecule has 0 heterocycles. The van der Waals surface area contributed by atoms with E-state index < -0.39 is 32.5 Å². The average Bonchev–Trinajstić information content (AvgIpc) is 2.38. The molecule has 0 unspecified atom stereocenters. The quantitative estimate of drug-likeness (QED) is 0.311. The Kier molecular flexibility index (Phi) is 8.12. The molecule has 21 heavy (non-hydrogen) atoms. The minimum absolute atomic E-state index is 0. The first-order valence-electron chi connectivity index (χ1n) is 5.75. The van der Waals surface area contributed by atoms with Gasteiger partial charge in [-0.2, -0.15) is 8.42 Å². The number of hydrogen-bond donors (Lipinski definition) is 0. The van der Waals surface area contributed by atoms with Crippen molar-refractivity contribution in [2.24, 2.45) is 0 Å². The summed E-state index contributed by atoms with van der Waals surface area (Å²) in [6.45, 7) is 2.96. The van der Waals surface area contributed by atoms with Crippen molar-refractivity contribution in [3.8, 4) is 0 Å². The van der Waals surface area contributed by atoms with Crippen LogP contribution in [-0.4, -0.2) is 33.6 Å². The van der Waals surface area contributed by atoms with Crippen LogP contribution in [0.25, 0.3) is 0 Å². The molecule has 0 N–H and O–H groups in total. The van der Waals surface area contributed by atoms with Gasteiger partial charge in [-0.15, -0.1) is 0 Å². The number of carboxylic acids is 1. The molecule has 0 aliphatic rings. The third-order valence-electron chi connectivity index (χ3n) is 2.26. The molecular formula is C12H13NaO7S. The summed E-state index contributed by atoms with van der Waals surface area (Å²) in [6, 6.07) is 3.01. The normalized spacial score (nSPS) is 10.6. The summed E-state index contributed by atoms with van der Waals surface area (Å²) in [6.07, 6.45) is 0. The second-order valence-corrected chi connectivity index (χ2v) is 5.16. The Labute approximate surface area is 144 Å². The summed E-state index contributed by atoms with van der Waals surface area (Å²) in [5.74, 6) is -2.44. The number of benzene rings is 1. The largest absolute Gasteiger partial charge is 1.00 e. The van der Waals surface area contributed by atoms with E-state index in [1.807, 2.05) is 0 Å². The summed E-state index contributed by atoms with van der Waals surface area (Å²) >= 11 is 0. The molecule has 7 nitrogen and oxygen atoms in total. The fourth-order valence-electron chi connectivity index (χ4n) is 1.46. The van der Waals surface area contributed by atoms with Crippen LogP contribution in [0.5, 0.6) is 0 Å². The minimum Gasteiger partial charge on any atom is -0.545 e. The molecular weight excluding hydrogens is 311 g/mol. The van der Waals surface area contributed by atoms with E-state index in [1.54, 1.807) is 6.92 Å². The first-order chi connectivity index (χ1) is 9.33. The molecule has 9 heteroatoms. The van der Waals surface area contributed by atoms with Crippen molar-refractivity contribution >= 4 is 22.1 Å². The molecule has 110 valence electrons. The zero-order valence-electron chi connectivity index (χ0n) is 11.9. The van der Waals surface area contributed by atoms with Gasteiger partial charge in [-0.1, -0.05) is 6.07 Å². The molecule has 0 radical (unpaired) electrons. The van der Waals surface area contributed by atoms with E-state index >= 15 is 0 Å². The number of rotatable bonds is 6. The average molecular weight is 324 g/mol. The molecule has 0 aliphatic heterocycles. The SMILES string of the molecule is CCOC(=O)c1ccc(C(=O)[O-])c(S(=O)(=O)OCC)c1.[Na+]. The number of hydrogen-bond acceptors (Lipinski definition) is 7. The van der Waals surface area contributed by atoms with Crippen LogP contribution in [-0.2, 0) is 19.0 Å². The number of carbonyl (C=O) groups excluding carboxylic acids is 2. The van der Waals surface area contributed by atoms with Crippen molar-refractivity contribution in [1.29, 1.82) is 0 Å². The van der Waals surface area contributed by atoms with Gasteiger partial charge in [0, 0.05) is 5.56 Å². The number of ether oxygens (including phenoxy) is 1. The smallest absolute Gasteiger partial charge is 0.545 e. The van der Waals surface area contributed by atoms with Gasteiger partial charge in [0.25, 0.3) is 10.1 Å². The van der Waals surface area contributed by atoms with Crippen molar-refractivity contribution in [3.05, 3.63) is 29.3 Å². The summed E-state index contributed by atoms with van der Waals surface area (Å²) in [7, 11) is -4.29. The maximum absolute atomic E-state index is 11.8. The second-order valence-electron chi connectivity index (χ2n) is 3.58. The first kappa shape index (κ1) is 20.1. The van der Waals surface area contributed by atoms with E-state index in [4.69, 9.17) is 4.74 Å². The molecule has 0 aliphatic carbocycles. The topological polar surface area (TPSA) is 110 Å². The molecule has 1 rings (SSSR count). The zero-order chi connectivity index (χ0) is 15.3. The number of carbonyl (C=O) groups is 2. The molecule has 0 spiro atoms. The Morgan fingerprint density at radius 3 is 2.29 bits per heavy atom. The van der Waals surface area contributed by atoms with Crippen LogP contribution in [0.3, 0.4) is 0 Å². The van der Waals surface area contributed by atoms with Gasteiger partial charge in [0.2, 0.25) is 0 Å². The fraction of sp³-hybridized carbons (Fsp3) is 0.333. The van der Waals surface area contributed by atoms with Gasteiger partial charge in [-0.3, -0.25) is 4.18 Å². The molecule has 0 saturated heterocycles. The number of carboxylic acid groups (broad SMARTS) is 1. The van der Waals surface area contributed by atoms with Gasteiger partial charge in [-0.25, -0.2) is 4.79 Å². The van der Waals surface area contributed by atoms with Crippen molar-refractivity contribution in [2.75, 3.05) is 13.2 Å². The first-order valence-corrected chi connectivity index (χ1v) is 7.16. The predicted molar refractivity (Wildman–Crippen MR) is 65.5 cm³/mol. The van der Waals surface area contributed by atoms with Crippen LogP contribution in [0.2, 0.25) is 0 Å². The van der Waals surface area contributed by atoms with Crippen LogP contribution in [0.15, 0.2) is 23.1 Å². The number of aromatic carboxylic acids is 1. The monoisotopic (exact) mass is 324 g/mol. The van der Waals surface area contributed by atoms with E-state index in [-0.39, 0.29) is 48.3 Å². The summed E-state index contributed by atoms with van der Waals surface area (Å²) < 4.78 is 32.9. The van der Waals surface area contributed by atoms with Crippen molar-refractivity contribution in [1.82, 2.24) is 0 Å². The predicted octanol–water partition coefficient (Wildman–Crippen LogP) is -3.04. The van der Waals surface area contributed by atoms with Gasteiger partial charge in [0.15, 0.2) is 0 Å². The second kappa shape index (κ2) is 8.50. The molecule has 0 bridgehead atoms. The Bertz CT molecular complexity index is 624. The van der Waals surface area contributed by atoms with Crippen LogP contribution in [0.4, 0.5) is 0 Å². The molecule has 1 aromatic carbocycles. The summed E-state index contributed by atoms with van der Waals surface area (Å²) in [4.78, 5) is 21.8. The van der Waals surface area contributed by atoms with E-state index in [2.05, 4.69) is 4.18 Å². The zero-order valence-corrected chi connectivity index (χ0v) is 14.7. The van der Waals surface area contributed by atoms with Crippen molar-refractivity contribution in [3.63, 3.8) is 0 Å². The molecule has 0 amide bonds. The summed E-state index contributed by atoms with van der Waals surface area (Å²) in [5.41, 5.74) is -0.665. The van der Waals surface area contributed by atoms with E-state index in [0.29, 0.717) is 0 Å². The Morgan fingerprint density at radius 2 is 1.81 bits per heavy atom. The maximum atomic E-state index is 11.8. The van der Waals surface area contributed by atoms with Gasteiger partial charge >= 0.3 is 35.5 Å². The van der Waals surface area contributed by atoms with E-state index in [9.17, 15) is 23.1 Å². The van der Waals surface area contributed by atoms with E-state index in [0.717, 1.165) is 18.2 Å². The van der Waals surface area contributed by atoms with Gasteiger partial charge in [-0.05, 0) is 26.0 Å². The molecule has 1 aromatic rings. The molecule has 0 aromatic heterocycles. The van der Waals surface area contributed by atoms with Crippen LogP contribution >= 0.6 is 0 Å². The standard InChI is InChI=1S/C12H14O7S.Na/c1-3-18-12(15)8-5-6-9(11(13)14)10(7-8)20(16,17)19-4-2;/h5-7H,3-4H2,1-2H3,(H,13,14);/q;+1/p-1. The Balaban J connectivity index is 0.00000400. The van der Waals surface area contributed by atoms with Gasteiger partial charge < -0.3 is 14.6 Å². The third kappa shape index (κ3) is 5.08. The summed E-state index contributed by atoms with van der Waals surface area (Å²) in [5, 5.41) is 10.9. The molecule has 0 saturated carbocycles. The van der Waals surface area contributed by atoms with Crippen LogP contribution < -0.4 is 34.7 Å². The van der Waals surface area contributed by atoms with Crippen molar-refractivity contribution < 1.29 is 61.6 Å². The number of esters is 1. The van der Waals surface area contributed by atoms with Crippen LogP contribution in [0.1, 0.15) is 34.6 Å². The Morgan fingerprint density at radius 1 is 1.19 bits per heavy atom. The third-order valence-corrected chi connectivity index (χ3v) is 3.68. The van der Waals surface area contributed by atoms with Gasteiger partial charge in [0.1, 0.15) is 4.90 Å². The molecule has 0 atom stereocenters. The fourth-order valence-corrected chi connectivity index (χ4v) is 2.59. The maximum Gasteiger partial charge on any atom is 1.00 e. The van der Waals surface area contributed by atoms with Crippen LogP contribution in [0, 0.1) is 0 Å². The molecule has 0 fully saturated rings. The Hall–Kier alpha value is -0.930.